The average Bonchev–Trinajstić information content (AvgIpc) is 3.25. The number of hydrogen-bond donors (Lipinski definition) is 2. The number of carbonyl (C=O) groups is 4. The number of furan rings is 1. The highest BCUT2D eigenvalue weighted by molar-refractivity contribution is 6.39. The molecule has 0 unspecified atom stereocenters. The van der Waals surface area contributed by atoms with Gasteiger partial charge in [0.1, 0.15) is 22.8 Å². The second-order valence-electron chi connectivity index (χ2n) is 6.86. The molecule has 0 atom stereocenters. The van der Waals surface area contributed by atoms with Crippen LogP contribution in [0.25, 0.3) is 17.4 Å². The van der Waals surface area contributed by atoms with Gasteiger partial charge in [-0.15, -0.1) is 0 Å². The number of anilines is 1. The van der Waals surface area contributed by atoms with Crippen molar-refractivity contribution in [2.45, 2.75) is 0 Å². The van der Waals surface area contributed by atoms with Crippen molar-refractivity contribution < 1.29 is 33.4 Å². The van der Waals surface area contributed by atoms with E-state index in [2.05, 4.69) is 5.32 Å². The Bertz CT molecular complexity index is 1340. The highest BCUT2D eigenvalue weighted by Crippen LogP contribution is 2.31. The number of imide groups is 2. The predicted molar refractivity (Wildman–Crippen MR) is 118 cm³/mol. The first-order valence-corrected chi connectivity index (χ1v) is 9.85. The van der Waals surface area contributed by atoms with Gasteiger partial charge in [-0.2, -0.15) is 0 Å². The van der Waals surface area contributed by atoms with Gasteiger partial charge in [0.05, 0.1) is 23.4 Å². The van der Waals surface area contributed by atoms with E-state index in [0.29, 0.717) is 17.1 Å². The zero-order chi connectivity index (χ0) is 23.7. The van der Waals surface area contributed by atoms with E-state index in [9.17, 15) is 19.2 Å². The number of amides is 4. The van der Waals surface area contributed by atoms with Crippen molar-refractivity contribution in [3.63, 3.8) is 0 Å². The van der Waals surface area contributed by atoms with Gasteiger partial charge in [0.2, 0.25) is 0 Å². The van der Waals surface area contributed by atoms with Crippen LogP contribution in [0.4, 0.5) is 10.5 Å². The zero-order valence-electron chi connectivity index (χ0n) is 17.0. The zero-order valence-corrected chi connectivity index (χ0v) is 17.8. The molecule has 0 saturated carbocycles. The van der Waals surface area contributed by atoms with Gasteiger partial charge in [-0.05, 0) is 48.5 Å². The van der Waals surface area contributed by atoms with E-state index in [1.807, 2.05) is 0 Å². The quantitative estimate of drug-likeness (QED) is 0.430. The summed E-state index contributed by atoms with van der Waals surface area (Å²) in [5.74, 6) is -1.98. The Hall–Kier alpha value is -4.37. The van der Waals surface area contributed by atoms with Crippen molar-refractivity contribution in [1.82, 2.24) is 5.32 Å². The molecule has 1 fully saturated rings. The summed E-state index contributed by atoms with van der Waals surface area (Å²) in [6.45, 7) is 0. The van der Waals surface area contributed by atoms with Gasteiger partial charge in [-0.1, -0.05) is 23.7 Å². The summed E-state index contributed by atoms with van der Waals surface area (Å²) in [5, 5.41) is 11.4. The number of halogens is 1. The number of carbonyl (C=O) groups excluding carboxylic acids is 3. The lowest BCUT2D eigenvalue weighted by Gasteiger charge is -2.26. The van der Waals surface area contributed by atoms with E-state index in [-0.39, 0.29) is 27.6 Å². The van der Waals surface area contributed by atoms with Crippen molar-refractivity contribution >= 4 is 47.2 Å². The molecule has 33 heavy (non-hydrogen) atoms. The molecule has 2 aromatic carbocycles. The molecule has 1 saturated heterocycles. The topological polar surface area (TPSA) is 126 Å². The van der Waals surface area contributed by atoms with Gasteiger partial charge >= 0.3 is 12.0 Å². The molecule has 1 aromatic heterocycles. The Balaban J connectivity index is 1.67. The van der Waals surface area contributed by atoms with Crippen molar-refractivity contribution in [1.29, 1.82) is 0 Å². The molecule has 10 heteroatoms. The largest absolute Gasteiger partial charge is 0.495 e. The monoisotopic (exact) mass is 466 g/mol. The van der Waals surface area contributed by atoms with Crippen LogP contribution in [0.15, 0.2) is 64.6 Å². The summed E-state index contributed by atoms with van der Waals surface area (Å²) in [4.78, 5) is 49.7. The van der Waals surface area contributed by atoms with E-state index in [1.54, 1.807) is 18.2 Å². The molecule has 9 nitrogen and oxygen atoms in total. The fourth-order valence-corrected chi connectivity index (χ4v) is 3.47. The highest BCUT2D eigenvalue weighted by atomic mass is 35.5. The normalized spacial score (nSPS) is 15.0. The molecule has 0 aliphatic carbocycles. The van der Waals surface area contributed by atoms with Crippen LogP contribution >= 0.6 is 11.6 Å². The van der Waals surface area contributed by atoms with E-state index in [0.717, 1.165) is 4.90 Å². The number of carboxylic acid groups (broad SMARTS) is 1. The van der Waals surface area contributed by atoms with E-state index in [1.165, 1.54) is 49.6 Å². The van der Waals surface area contributed by atoms with Crippen molar-refractivity contribution in [3.05, 3.63) is 76.5 Å². The number of rotatable bonds is 5. The van der Waals surface area contributed by atoms with Crippen LogP contribution in [0, 0.1) is 0 Å². The lowest BCUT2D eigenvalue weighted by atomic mass is 10.1. The standard InChI is InChI=1S/C23H15ClN2O7/c1-32-19-7-5-14(10-17(19)24)26-21(28)16(20(27)25-23(26)31)11-15-6-8-18(33-15)12-3-2-4-13(9-12)22(29)30/h2-11H,1H3,(H,29,30)(H,25,27,31)/b16-11-. The van der Waals surface area contributed by atoms with E-state index < -0.39 is 23.8 Å². The third-order valence-electron chi connectivity index (χ3n) is 4.80. The third kappa shape index (κ3) is 4.21. The molecule has 0 spiro atoms. The van der Waals surface area contributed by atoms with Gasteiger partial charge in [0, 0.05) is 5.56 Å². The molecule has 4 rings (SSSR count). The number of aromatic carboxylic acids is 1. The maximum absolute atomic E-state index is 13.0. The molecular formula is C23H15ClN2O7. The SMILES string of the molecule is COc1ccc(N2C(=O)NC(=O)/C(=C/c3ccc(-c4cccc(C(=O)O)c4)o3)C2=O)cc1Cl. The minimum atomic E-state index is -1.08. The van der Waals surface area contributed by atoms with Crippen molar-refractivity contribution in [3.8, 4) is 17.1 Å². The predicted octanol–water partition coefficient (Wildman–Crippen LogP) is 3.97. The molecule has 1 aliphatic heterocycles. The maximum Gasteiger partial charge on any atom is 0.335 e. The van der Waals surface area contributed by atoms with Crippen LogP contribution < -0.4 is 15.0 Å². The van der Waals surface area contributed by atoms with Crippen LogP contribution in [0.1, 0.15) is 16.1 Å². The summed E-state index contributed by atoms with van der Waals surface area (Å²) in [6.07, 6.45) is 1.20. The van der Waals surface area contributed by atoms with E-state index in [4.69, 9.17) is 25.9 Å². The van der Waals surface area contributed by atoms with Gasteiger partial charge < -0.3 is 14.3 Å². The molecule has 0 bridgehead atoms. The second-order valence-corrected chi connectivity index (χ2v) is 7.27. The number of urea groups is 1. The summed E-state index contributed by atoms with van der Waals surface area (Å²) < 4.78 is 10.7. The minimum absolute atomic E-state index is 0.0814. The van der Waals surface area contributed by atoms with Crippen molar-refractivity contribution in [2.75, 3.05) is 12.0 Å². The Morgan fingerprint density at radius 1 is 1.12 bits per heavy atom. The van der Waals surface area contributed by atoms with E-state index >= 15 is 0 Å². The minimum Gasteiger partial charge on any atom is -0.495 e. The number of hydrogen-bond acceptors (Lipinski definition) is 6. The van der Waals surface area contributed by atoms with Gasteiger partial charge in [-0.3, -0.25) is 14.9 Å². The summed E-state index contributed by atoms with van der Waals surface area (Å²) in [7, 11) is 1.43. The molecule has 4 amide bonds. The summed E-state index contributed by atoms with van der Waals surface area (Å²) >= 11 is 6.10. The molecule has 1 aliphatic rings. The lowest BCUT2D eigenvalue weighted by molar-refractivity contribution is -0.122. The van der Waals surface area contributed by atoms with Crippen LogP contribution in [-0.4, -0.2) is 36.0 Å². The fraction of sp³-hybridized carbons (Fsp3) is 0.0435. The Morgan fingerprint density at radius 3 is 2.61 bits per heavy atom. The van der Waals surface area contributed by atoms with Crippen LogP contribution in [0.3, 0.4) is 0 Å². The molecule has 2 heterocycles. The summed E-state index contributed by atoms with van der Waals surface area (Å²) in [6, 6.07) is 12.6. The fourth-order valence-electron chi connectivity index (χ4n) is 3.22. The number of methoxy groups -OCH3 is 1. The second kappa shape index (κ2) is 8.64. The summed E-state index contributed by atoms with van der Waals surface area (Å²) in [5.41, 5.74) is 0.399. The molecule has 3 aromatic rings. The first-order chi connectivity index (χ1) is 15.8. The van der Waals surface area contributed by atoms with Gasteiger partial charge in [0.15, 0.2) is 0 Å². The van der Waals surface area contributed by atoms with Gasteiger partial charge in [-0.25, -0.2) is 14.5 Å². The number of nitrogens with zero attached hydrogens (tertiary/aromatic N) is 1. The number of nitrogens with one attached hydrogen (secondary N) is 1. The van der Waals surface area contributed by atoms with Crippen LogP contribution in [0.5, 0.6) is 5.75 Å². The molecule has 0 radical (unpaired) electrons. The molecule has 166 valence electrons. The Kier molecular flexibility index (Phi) is 5.72. The van der Waals surface area contributed by atoms with Gasteiger partial charge in [0.25, 0.3) is 11.8 Å². The molecule has 2 N–H and O–H groups in total. The maximum atomic E-state index is 13.0. The van der Waals surface area contributed by atoms with Crippen molar-refractivity contribution in [2.24, 2.45) is 0 Å². The Labute approximate surface area is 191 Å². The number of barbiturate groups is 1. The smallest absolute Gasteiger partial charge is 0.335 e. The number of benzene rings is 2. The highest BCUT2D eigenvalue weighted by Gasteiger charge is 2.37. The first kappa shape index (κ1) is 21.8. The Morgan fingerprint density at radius 2 is 1.91 bits per heavy atom. The lowest BCUT2D eigenvalue weighted by Crippen LogP contribution is -2.54. The first-order valence-electron chi connectivity index (χ1n) is 9.47. The molecular weight excluding hydrogens is 452 g/mol. The third-order valence-corrected chi connectivity index (χ3v) is 5.10. The number of carboxylic acids is 1. The average molecular weight is 467 g/mol. The van der Waals surface area contributed by atoms with Crippen LogP contribution in [-0.2, 0) is 9.59 Å². The van der Waals surface area contributed by atoms with Crippen LogP contribution in [0.2, 0.25) is 5.02 Å². The number of ether oxygens (including phenoxy) is 1.